The molecule has 0 unspecified atom stereocenters. The first-order valence-corrected chi connectivity index (χ1v) is 7.64. The van der Waals surface area contributed by atoms with Crippen molar-refractivity contribution >= 4 is 11.8 Å². The second-order valence-corrected chi connectivity index (χ2v) is 6.30. The summed E-state index contributed by atoms with van der Waals surface area (Å²) >= 11 is 0. The summed E-state index contributed by atoms with van der Waals surface area (Å²) in [6, 6.07) is 8.16. The standard InChI is InChI=1S/C17H24N2O3/c1-12(2)10-18-15(20)16(21)19-11-17(22-3)8-13-6-4-5-7-14(13)9-17/h4-7,12H,8-11H2,1-3H3,(H,18,20)(H,19,21). The van der Waals surface area contributed by atoms with Crippen molar-refractivity contribution in [2.24, 2.45) is 5.92 Å². The molecule has 0 saturated carbocycles. The first kappa shape index (κ1) is 16.5. The average molecular weight is 304 g/mol. The zero-order valence-corrected chi connectivity index (χ0v) is 13.4. The Morgan fingerprint density at radius 3 is 2.18 bits per heavy atom. The number of carbonyl (C=O) groups is 2. The molecule has 22 heavy (non-hydrogen) atoms. The van der Waals surface area contributed by atoms with Gasteiger partial charge in [0.25, 0.3) is 0 Å². The predicted molar refractivity (Wildman–Crippen MR) is 84.4 cm³/mol. The van der Waals surface area contributed by atoms with Gasteiger partial charge in [-0.15, -0.1) is 0 Å². The van der Waals surface area contributed by atoms with Crippen LogP contribution in [0.5, 0.6) is 0 Å². The van der Waals surface area contributed by atoms with E-state index in [-0.39, 0.29) is 0 Å². The quantitative estimate of drug-likeness (QED) is 0.799. The number of fused-ring (bicyclic) bond motifs is 1. The van der Waals surface area contributed by atoms with E-state index in [0.29, 0.717) is 19.0 Å². The summed E-state index contributed by atoms with van der Waals surface area (Å²) in [5.74, 6) is -0.880. The Kier molecular flexibility index (Phi) is 5.19. The number of ether oxygens (including phenoxy) is 1. The fraction of sp³-hybridized carbons (Fsp3) is 0.529. The molecule has 2 N–H and O–H groups in total. The Morgan fingerprint density at radius 2 is 1.68 bits per heavy atom. The number of benzene rings is 1. The van der Waals surface area contributed by atoms with Gasteiger partial charge in [-0.05, 0) is 17.0 Å². The highest BCUT2D eigenvalue weighted by Gasteiger charge is 2.37. The van der Waals surface area contributed by atoms with Gasteiger partial charge < -0.3 is 15.4 Å². The van der Waals surface area contributed by atoms with E-state index in [4.69, 9.17) is 4.74 Å². The third-order valence-corrected chi connectivity index (χ3v) is 4.02. The van der Waals surface area contributed by atoms with Gasteiger partial charge in [-0.3, -0.25) is 9.59 Å². The molecule has 1 aromatic rings. The number of nitrogens with one attached hydrogen (secondary N) is 2. The van der Waals surface area contributed by atoms with Crippen LogP contribution >= 0.6 is 0 Å². The van der Waals surface area contributed by atoms with E-state index in [1.54, 1.807) is 7.11 Å². The number of amides is 2. The average Bonchev–Trinajstić information content (AvgIpc) is 2.89. The van der Waals surface area contributed by atoms with Crippen LogP contribution in [0.25, 0.3) is 0 Å². The molecule has 0 heterocycles. The molecule has 0 spiro atoms. The van der Waals surface area contributed by atoms with Gasteiger partial charge in [-0.25, -0.2) is 0 Å². The Labute approximate surface area is 131 Å². The van der Waals surface area contributed by atoms with Crippen LogP contribution < -0.4 is 10.6 Å². The van der Waals surface area contributed by atoms with Crippen molar-refractivity contribution in [3.05, 3.63) is 35.4 Å². The maximum absolute atomic E-state index is 11.9. The molecule has 1 aliphatic rings. The maximum Gasteiger partial charge on any atom is 0.309 e. The topological polar surface area (TPSA) is 67.4 Å². The lowest BCUT2D eigenvalue weighted by Crippen LogP contribution is -2.49. The third kappa shape index (κ3) is 3.85. The van der Waals surface area contributed by atoms with Crippen molar-refractivity contribution < 1.29 is 14.3 Å². The summed E-state index contributed by atoms with van der Waals surface area (Å²) in [6.07, 6.45) is 1.49. The minimum absolute atomic E-state index is 0.311. The van der Waals surface area contributed by atoms with Crippen LogP contribution in [0.1, 0.15) is 25.0 Å². The number of hydrogen-bond donors (Lipinski definition) is 2. The molecule has 0 saturated heterocycles. The van der Waals surface area contributed by atoms with Gasteiger partial charge in [0, 0.05) is 33.0 Å². The summed E-state index contributed by atoms with van der Waals surface area (Å²) in [7, 11) is 1.65. The van der Waals surface area contributed by atoms with Crippen molar-refractivity contribution in [2.45, 2.75) is 32.3 Å². The molecule has 2 amide bonds. The summed E-state index contributed by atoms with van der Waals surface area (Å²) < 4.78 is 5.66. The van der Waals surface area contributed by atoms with Gasteiger partial charge in [0.05, 0.1) is 5.60 Å². The Morgan fingerprint density at radius 1 is 1.14 bits per heavy atom. The van der Waals surface area contributed by atoms with Crippen LogP contribution in [-0.4, -0.2) is 37.6 Å². The molecular weight excluding hydrogens is 280 g/mol. The fourth-order valence-corrected chi connectivity index (χ4v) is 2.70. The molecule has 0 radical (unpaired) electrons. The first-order chi connectivity index (χ1) is 10.5. The molecule has 1 aliphatic carbocycles. The maximum atomic E-state index is 11.9. The van der Waals surface area contributed by atoms with Crippen molar-refractivity contribution in [3.63, 3.8) is 0 Å². The first-order valence-electron chi connectivity index (χ1n) is 7.64. The van der Waals surface area contributed by atoms with E-state index < -0.39 is 17.4 Å². The zero-order chi connectivity index (χ0) is 16.2. The Hall–Kier alpha value is -1.88. The van der Waals surface area contributed by atoms with Crippen molar-refractivity contribution in [3.8, 4) is 0 Å². The SMILES string of the molecule is COC1(CNC(=O)C(=O)NCC(C)C)Cc2ccccc2C1. The van der Waals surface area contributed by atoms with Crippen LogP contribution in [0.4, 0.5) is 0 Å². The van der Waals surface area contributed by atoms with Gasteiger partial charge in [0.2, 0.25) is 0 Å². The molecule has 0 fully saturated rings. The van der Waals surface area contributed by atoms with E-state index in [2.05, 4.69) is 22.8 Å². The molecule has 0 atom stereocenters. The van der Waals surface area contributed by atoms with Crippen molar-refractivity contribution in [2.75, 3.05) is 20.2 Å². The van der Waals surface area contributed by atoms with E-state index >= 15 is 0 Å². The van der Waals surface area contributed by atoms with Gasteiger partial charge >= 0.3 is 11.8 Å². The van der Waals surface area contributed by atoms with Gasteiger partial charge in [0.1, 0.15) is 0 Å². The Bertz CT molecular complexity index is 530. The molecule has 0 aromatic heterocycles. The summed E-state index contributed by atoms with van der Waals surface area (Å²) in [6.45, 7) is 4.78. The number of hydrogen-bond acceptors (Lipinski definition) is 3. The normalized spacial score (nSPS) is 15.5. The number of rotatable bonds is 5. The highest BCUT2D eigenvalue weighted by molar-refractivity contribution is 6.35. The van der Waals surface area contributed by atoms with E-state index in [9.17, 15) is 9.59 Å². The summed E-state index contributed by atoms with van der Waals surface area (Å²) in [4.78, 5) is 23.6. The number of methoxy groups -OCH3 is 1. The molecule has 120 valence electrons. The monoisotopic (exact) mass is 304 g/mol. The van der Waals surface area contributed by atoms with Crippen LogP contribution in [0.15, 0.2) is 24.3 Å². The van der Waals surface area contributed by atoms with Crippen molar-refractivity contribution in [1.82, 2.24) is 10.6 Å². The minimum atomic E-state index is -0.604. The molecule has 1 aromatic carbocycles. The predicted octanol–water partition coefficient (Wildman–Crippen LogP) is 1.06. The van der Waals surface area contributed by atoms with Gasteiger partial charge in [-0.2, -0.15) is 0 Å². The van der Waals surface area contributed by atoms with E-state index in [1.165, 1.54) is 11.1 Å². The molecular formula is C17H24N2O3. The van der Waals surface area contributed by atoms with Crippen LogP contribution in [0, 0.1) is 5.92 Å². The lowest BCUT2D eigenvalue weighted by molar-refractivity contribution is -0.140. The fourth-order valence-electron chi connectivity index (χ4n) is 2.70. The van der Waals surface area contributed by atoms with Crippen LogP contribution in [-0.2, 0) is 27.2 Å². The van der Waals surface area contributed by atoms with Crippen molar-refractivity contribution in [1.29, 1.82) is 0 Å². The highest BCUT2D eigenvalue weighted by atomic mass is 16.5. The molecule has 0 bridgehead atoms. The van der Waals surface area contributed by atoms with E-state index in [0.717, 1.165) is 12.8 Å². The minimum Gasteiger partial charge on any atom is -0.376 e. The van der Waals surface area contributed by atoms with Crippen LogP contribution in [0.3, 0.4) is 0 Å². The zero-order valence-electron chi connectivity index (χ0n) is 13.4. The van der Waals surface area contributed by atoms with Gasteiger partial charge in [-0.1, -0.05) is 38.1 Å². The highest BCUT2D eigenvalue weighted by Crippen LogP contribution is 2.31. The summed E-state index contributed by atoms with van der Waals surface area (Å²) in [5.41, 5.74) is 2.02. The largest absolute Gasteiger partial charge is 0.376 e. The second-order valence-electron chi connectivity index (χ2n) is 6.30. The molecule has 5 nitrogen and oxygen atoms in total. The molecule has 5 heteroatoms. The molecule has 0 aliphatic heterocycles. The smallest absolute Gasteiger partial charge is 0.309 e. The molecule has 2 rings (SSSR count). The lowest BCUT2D eigenvalue weighted by Gasteiger charge is -2.27. The lowest BCUT2D eigenvalue weighted by atomic mass is 10.00. The van der Waals surface area contributed by atoms with E-state index in [1.807, 2.05) is 26.0 Å². The second kappa shape index (κ2) is 6.92. The third-order valence-electron chi connectivity index (χ3n) is 4.02. The Balaban J connectivity index is 1.90. The van der Waals surface area contributed by atoms with Crippen LogP contribution in [0.2, 0.25) is 0 Å². The number of carbonyl (C=O) groups excluding carboxylic acids is 2. The van der Waals surface area contributed by atoms with Gasteiger partial charge in [0.15, 0.2) is 0 Å². The summed E-state index contributed by atoms with van der Waals surface area (Å²) in [5, 5.41) is 5.31.